The van der Waals surface area contributed by atoms with E-state index in [2.05, 4.69) is 0 Å². The topological polar surface area (TPSA) is 46.3 Å². The van der Waals surface area contributed by atoms with Crippen molar-refractivity contribution in [2.24, 2.45) is 11.7 Å². The van der Waals surface area contributed by atoms with Crippen LogP contribution in [0.25, 0.3) is 0 Å². The molecule has 3 nitrogen and oxygen atoms in total. The van der Waals surface area contributed by atoms with Gasteiger partial charge in [0.2, 0.25) is 5.91 Å². The maximum Gasteiger partial charge on any atom is 0.227 e. The first-order valence-corrected chi connectivity index (χ1v) is 6.89. The summed E-state index contributed by atoms with van der Waals surface area (Å²) in [6.07, 6.45) is 5.49. The summed E-state index contributed by atoms with van der Waals surface area (Å²) in [7, 11) is 0. The number of nitrogens with two attached hydrogens (primary N) is 1. The third-order valence-corrected chi connectivity index (χ3v) is 3.79. The average molecular weight is 244 g/mol. The number of nitrogens with zero attached hydrogens (tertiary/aromatic N) is 1. The lowest BCUT2D eigenvalue weighted by molar-refractivity contribution is -0.119. The van der Waals surface area contributed by atoms with Crippen LogP contribution in [0.4, 0.5) is 5.69 Å². The Morgan fingerprint density at radius 2 is 1.83 bits per heavy atom. The zero-order chi connectivity index (χ0) is 12.5. The highest BCUT2D eigenvalue weighted by atomic mass is 16.2. The third kappa shape index (κ3) is 2.56. The smallest absolute Gasteiger partial charge is 0.227 e. The SMILES string of the molecule is NCc1ccc(N(C(=O)CC2CC2)C2CC2)cc1. The Morgan fingerprint density at radius 1 is 1.17 bits per heavy atom. The number of benzene rings is 1. The molecule has 2 N–H and O–H groups in total. The minimum Gasteiger partial charge on any atom is -0.326 e. The molecule has 2 aliphatic carbocycles. The highest BCUT2D eigenvalue weighted by Gasteiger charge is 2.36. The molecule has 3 heteroatoms. The summed E-state index contributed by atoms with van der Waals surface area (Å²) in [6.45, 7) is 0.555. The van der Waals surface area contributed by atoms with Crippen LogP contribution in [0, 0.1) is 5.92 Å². The van der Waals surface area contributed by atoms with E-state index in [9.17, 15) is 4.79 Å². The molecule has 0 spiro atoms. The summed E-state index contributed by atoms with van der Waals surface area (Å²) in [5.74, 6) is 0.961. The van der Waals surface area contributed by atoms with Crippen molar-refractivity contribution in [2.45, 2.75) is 44.7 Å². The molecule has 0 radical (unpaired) electrons. The van der Waals surface area contributed by atoms with Crippen LogP contribution >= 0.6 is 0 Å². The van der Waals surface area contributed by atoms with Gasteiger partial charge in [0.15, 0.2) is 0 Å². The van der Waals surface area contributed by atoms with Gasteiger partial charge in [0.25, 0.3) is 0 Å². The Balaban J connectivity index is 1.76. The van der Waals surface area contributed by atoms with Crippen molar-refractivity contribution < 1.29 is 4.79 Å². The van der Waals surface area contributed by atoms with E-state index >= 15 is 0 Å². The number of hydrogen-bond donors (Lipinski definition) is 1. The Kier molecular flexibility index (Phi) is 3.08. The average Bonchev–Trinajstić information content (AvgIpc) is 3.25. The summed E-state index contributed by atoms with van der Waals surface area (Å²) in [5, 5.41) is 0. The molecule has 0 saturated heterocycles. The number of carbonyl (C=O) groups excluding carboxylic acids is 1. The Morgan fingerprint density at radius 3 is 2.33 bits per heavy atom. The first-order chi connectivity index (χ1) is 8.78. The maximum atomic E-state index is 12.3. The van der Waals surface area contributed by atoms with Crippen LogP contribution < -0.4 is 10.6 Å². The van der Waals surface area contributed by atoms with Crippen molar-refractivity contribution >= 4 is 11.6 Å². The second-order valence-corrected chi connectivity index (χ2v) is 5.51. The summed E-state index contributed by atoms with van der Waals surface area (Å²) >= 11 is 0. The zero-order valence-corrected chi connectivity index (χ0v) is 10.6. The second kappa shape index (κ2) is 4.73. The fraction of sp³-hybridized carbons (Fsp3) is 0.533. The Hall–Kier alpha value is -1.35. The molecule has 2 fully saturated rings. The highest BCUT2D eigenvalue weighted by Crippen LogP contribution is 2.37. The normalized spacial score (nSPS) is 18.7. The van der Waals surface area contributed by atoms with E-state index in [0.29, 0.717) is 24.4 Å². The molecule has 18 heavy (non-hydrogen) atoms. The first-order valence-electron chi connectivity index (χ1n) is 6.89. The van der Waals surface area contributed by atoms with Gasteiger partial charge < -0.3 is 10.6 Å². The van der Waals surface area contributed by atoms with Gasteiger partial charge in [-0.3, -0.25) is 4.79 Å². The predicted octanol–water partition coefficient (Wildman–Crippen LogP) is 2.44. The largest absolute Gasteiger partial charge is 0.326 e. The maximum absolute atomic E-state index is 12.3. The number of carbonyl (C=O) groups is 1. The van der Waals surface area contributed by atoms with Crippen molar-refractivity contribution in [1.82, 2.24) is 0 Å². The van der Waals surface area contributed by atoms with E-state index in [1.807, 2.05) is 29.2 Å². The van der Waals surface area contributed by atoms with Gasteiger partial charge in [-0.2, -0.15) is 0 Å². The molecule has 0 unspecified atom stereocenters. The van der Waals surface area contributed by atoms with Gasteiger partial charge in [-0.1, -0.05) is 12.1 Å². The quantitative estimate of drug-likeness (QED) is 0.864. The zero-order valence-electron chi connectivity index (χ0n) is 10.6. The fourth-order valence-corrected chi connectivity index (χ4v) is 2.35. The predicted molar refractivity (Wildman–Crippen MR) is 72.2 cm³/mol. The van der Waals surface area contributed by atoms with Crippen LogP contribution in [0.1, 0.15) is 37.7 Å². The van der Waals surface area contributed by atoms with Crippen LogP contribution in [0.5, 0.6) is 0 Å². The van der Waals surface area contributed by atoms with Gasteiger partial charge in [0, 0.05) is 24.7 Å². The van der Waals surface area contributed by atoms with E-state index in [1.165, 1.54) is 12.8 Å². The van der Waals surface area contributed by atoms with Crippen LogP contribution in [0.3, 0.4) is 0 Å². The van der Waals surface area contributed by atoms with Crippen LogP contribution in [0.15, 0.2) is 24.3 Å². The molecule has 0 atom stereocenters. The highest BCUT2D eigenvalue weighted by molar-refractivity contribution is 5.94. The molecule has 1 aromatic rings. The molecule has 2 saturated carbocycles. The molecule has 2 aliphatic rings. The number of anilines is 1. The van der Waals surface area contributed by atoms with Gasteiger partial charge in [0.1, 0.15) is 0 Å². The Labute approximate surface area is 108 Å². The first kappa shape index (κ1) is 11.7. The number of amides is 1. The second-order valence-electron chi connectivity index (χ2n) is 5.51. The minimum atomic E-state index is 0.306. The summed E-state index contributed by atoms with van der Waals surface area (Å²) in [6, 6.07) is 8.56. The van der Waals surface area contributed by atoms with Crippen LogP contribution in [-0.4, -0.2) is 11.9 Å². The molecule has 1 amide bonds. The minimum absolute atomic E-state index is 0.306. The van der Waals surface area contributed by atoms with E-state index < -0.39 is 0 Å². The third-order valence-electron chi connectivity index (χ3n) is 3.79. The molecule has 1 aromatic carbocycles. The standard InChI is InChI=1S/C15H20N2O/c16-10-12-3-5-13(6-4-12)17(14-7-8-14)15(18)9-11-1-2-11/h3-6,11,14H,1-2,7-10,16H2. The molecule has 96 valence electrons. The molecule has 0 aliphatic heterocycles. The summed E-state index contributed by atoms with van der Waals surface area (Å²) in [5.41, 5.74) is 7.76. The van der Waals surface area contributed by atoms with Crippen molar-refractivity contribution in [3.8, 4) is 0 Å². The van der Waals surface area contributed by atoms with Gasteiger partial charge in [-0.25, -0.2) is 0 Å². The van der Waals surface area contributed by atoms with Crippen LogP contribution in [-0.2, 0) is 11.3 Å². The van der Waals surface area contributed by atoms with Crippen molar-refractivity contribution in [2.75, 3.05) is 4.90 Å². The van der Waals surface area contributed by atoms with E-state index in [0.717, 1.165) is 30.5 Å². The fourth-order valence-electron chi connectivity index (χ4n) is 2.35. The van der Waals surface area contributed by atoms with Crippen molar-refractivity contribution in [1.29, 1.82) is 0 Å². The van der Waals surface area contributed by atoms with Crippen LogP contribution in [0.2, 0.25) is 0 Å². The lowest BCUT2D eigenvalue weighted by atomic mass is 10.1. The molecular weight excluding hydrogens is 224 g/mol. The summed E-state index contributed by atoms with van der Waals surface area (Å²) in [4.78, 5) is 14.3. The number of hydrogen-bond acceptors (Lipinski definition) is 2. The van der Waals surface area contributed by atoms with Gasteiger partial charge >= 0.3 is 0 Å². The van der Waals surface area contributed by atoms with E-state index in [4.69, 9.17) is 5.73 Å². The lowest BCUT2D eigenvalue weighted by Crippen LogP contribution is -2.33. The molecular formula is C15H20N2O. The molecule has 3 rings (SSSR count). The summed E-state index contributed by atoms with van der Waals surface area (Å²) < 4.78 is 0. The molecule has 0 heterocycles. The Bertz CT molecular complexity index is 432. The van der Waals surface area contributed by atoms with Gasteiger partial charge in [-0.15, -0.1) is 0 Å². The van der Waals surface area contributed by atoms with Gasteiger partial charge in [0.05, 0.1) is 0 Å². The van der Waals surface area contributed by atoms with Crippen molar-refractivity contribution in [3.63, 3.8) is 0 Å². The number of rotatable bonds is 5. The monoisotopic (exact) mass is 244 g/mol. The van der Waals surface area contributed by atoms with Gasteiger partial charge in [-0.05, 0) is 49.3 Å². The molecule has 0 bridgehead atoms. The molecule has 0 aromatic heterocycles. The van der Waals surface area contributed by atoms with Crippen molar-refractivity contribution in [3.05, 3.63) is 29.8 Å². The van der Waals surface area contributed by atoms with E-state index in [1.54, 1.807) is 0 Å². The van der Waals surface area contributed by atoms with E-state index in [-0.39, 0.29) is 0 Å². The lowest BCUT2D eigenvalue weighted by Gasteiger charge is -2.23.